The molecule has 2 unspecified atom stereocenters. The molecular formula is C13H18N4O4. The van der Waals surface area contributed by atoms with E-state index in [9.17, 15) is 20.2 Å². The highest BCUT2D eigenvalue weighted by Gasteiger charge is 2.30. The lowest BCUT2D eigenvalue weighted by molar-refractivity contribution is -0.393. The molecule has 2 N–H and O–H groups in total. The zero-order valence-electron chi connectivity index (χ0n) is 11.8. The molecule has 1 aliphatic rings. The van der Waals surface area contributed by atoms with Gasteiger partial charge in [-0.1, -0.05) is 13.3 Å². The molecule has 0 aliphatic carbocycles. The van der Waals surface area contributed by atoms with Gasteiger partial charge in [0.2, 0.25) is 0 Å². The zero-order chi connectivity index (χ0) is 15.6. The summed E-state index contributed by atoms with van der Waals surface area (Å²) in [5, 5.41) is 21.9. The van der Waals surface area contributed by atoms with E-state index in [1.807, 2.05) is 11.8 Å². The topological polar surface area (TPSA) is 116 Å². The first kappa shape index (κ1) is 15.2. The van der Waals surface area contributed by atoms with Gasteiger partial charge < -0.3 is 10.6 Å². The normalized spacial score (nSPS) is 22.1. The number of hydrogen-bond acceptors (Lipinski definition) is 6. The number of nitro groups is 2. The van der Waals surface area contributed by atoms with Crippen LogP contribution in [0.25, 0.3) is 0 Å². The van der Waals surface area contributed by atoms with Gasteiger partial charge in [0.05, 0.1) is 15.9 Å². The maximum atomic E-state index is 11.2. The van der Waals surface area contributed by atoms with Crippen LogP contribution >= 0.6 is 0 Å². The van der Waals surface area contributed by atoms with Crippen molar-refractivity contribution in [3.63, 3.8) is 0 Å². The van der Waals surface area contributed by atoms with Crippen molar-refractivity contribution in [2.45, 2.75) is 25.8 Å². The number of nitro benzene ring substituents is 2. The Kier molecular flexibility index (Phi) is 4.37. The minimum Gasteiger partial charge on any atom is -0.366 e. The molecule has 1 aliphatic heterocycles. The maximum Gasteiger partial charge on any atom is 0.299 e. The number of nitrogens with two attached hydrogens (primary N) is 1. The van der Waals surface area contributed by atoms with Crippen LogP contribution in [0.5, 0.6) is 0 Å². The Balaban J connectivity index is 2.35. The van der Waals surface area contributed by atoms with Crippen molar-refractivity contribution in [2.75, 3.05) is 18.0 Å². The van der Waals surface area contributed by atoms with Crippen molar-refractivity contribution >= 4 is 17.1 Å². The average molecular weight is 294 g/mol. The molecule has 1 fully saturated rings. The number of anilines is 1. The molecule has 8 nitrogen and oxygen atoms in total. The van der Waals surface area contributed by atoms with E-state index in [4.69, 9.17) is 5.73 Å². The number of benzene rings is 1. The largest absolute Gasteiger partial charge is 0.366 e. The van der Waals surface area contributed by atoms with Gasteiger partial charge in [0, 0.05) is 25.2 Å². The Morgan fingerprint density at radius 2 is 2.05 bits per heavy atom. The highest BCUT2D eigenvalue weighted by atomic mass is 16.6. The van der Waals surface area contributed by atoms with Crippen LogP contribution in [-0.2, 0) is 0 Å². The van der Waals surface area contributed by atoms with Crippen LogP contribution in [0.3, 0.4) is 0 Å². The monoisotopic (exact) mass is 294 g/mol. The second kappa shape index (κ2) is 6.04. The summed E-state index contributed by atoms with van der Waals surface area (Å²) in [6.07, 6.45) is 1.66. The Morgan fingerprint density at radius 3 is 2.62 bits per heavy atom. The molecule has 0 amide bonds. The quantitative estimate of drug-likeness (QED) is 0.671. The maximum absolute atomic E-state index is 11.2. The third-order valence-corrected chi connectivity index (χ3v) is 4.02. The molecule has 1 saturated heterocycles. The lowest BCUT2D eigenvalue weighted by atomic mass is 9.90. The molecule has 114 valence electrons. The zero-order valence-corrected chi connectivity index (χ0v) is 11.8. The molecule has 0 aromatic heterocycles. The summed E-state index contributed by atoms with van der Waals surface area (Å²) in [7, 11) is 0. The van der Waals surface area contributed by atoms with E-state index in [0.29, 0.717) is 18.8 Å². The summed E-state index contributed by atoms with van der Waals surface area (Å²) in [4.78, 5) is 22.6. The summed E-state index contributed by atoms with van der Waals surface area (Å²) >= 11 is 0. The van der Waals surface area contributed by atoms with E-state index in [-0.39, 0.29) is 23.3 Å². The van der Waals surface area contributed by atoms with E-state index in [2.05, 4.69) is 0 Å². The molecule has 2 atom stereocenters. The molecular weight excluding hydrogens is 276 g/mol. The van der Waals surface area contributed by atoms with Gasteiger partial charge in [-0.3, -0.25) is 20.2 Å². The Morgan fingerprint density at radius 1 is 1.33 bits per heavy atom. The molecule has 1 aromatic carbocycles. The third kappa shape index (κ3) is 3.10. The molecule has 1 aromatic rings. The van der Waals surface area contributed by atoms with Crippen LogP contribution in [0.4, 0.5) is 17.1 Å². The van der Waals surface area contributed by atoms with Gasteiger partial charge in [-0.25, -0.2) is 0 Å². The van der Waals surface area contributed by atoms with Crippen LogP contribution in [-0.4, -0.2) is 29.0 Å². The molecule has 2 rings (SSSR count). The van der Waals surface area contributed by atoms with Crippen LogP contribution in [0.15, 0.2) is 18.2 Å². The smallest absolute Gasteiger partial charge is 0.299 e. The first-order valence-electron chi connectivity index (χ1n) is 6.87. The first-order valence-corrected chi connectivity index (χ1v) is 6.87. The lowest BCUT2D eigenvalue weighted by Gasteiger charge is -2.37. The van der Waals surface area contributed by atoms with Gasteiger partial charge >= 0.3 is 0 Å². The van der Waals surface area contributed by atoms with Crippen molar-refractivity contribution in [3.8, 4) is 0 Å². The van der Waals surface area contributed by atoms with Gasteiger partial charge in [-0.05, 0) is 18.4 Å². The highest BCUT2D eigenvalue weighted by molar-refractivity contribution is 5.67. The number of non-ortho nitro benzene ring substituents is 1. The van der Waals surface area contributed by atoms with E-state index in [1.54, 1.807) is 0 Å². The number of piperidine rings is 1. The summed E-state index contributed by atoms with van der Waals surface area (Å²) in [6.45, 7) is 3.30. The molecule has 21 heavy (non-hydrogen) atoms. The molecule has 0 bridgehead atoms. The highest BCUT2D eigenvalue weighted by Crippen LogP contribution is 2.34. The molecule has 1 heterocycles. The van der Waals surface area contributed by atoms with Gasteiger partial charge in [0.25, 0.3) is 11.4 Å². The van der Waals surface area contributed by atoms with E-state index < -0.39 is 9.85 Å². The first-order chi connectivity index (χ1) is 9.93. The minimum absolute atomic E-state index is 0.100. The van der Waals surface area contributed by atoms with Gasteiger partial charge in [0.1, 0.15) is 5.69 Å². The summed E-state index contributed by atoms with van der Waals surface area (Å²) in [6, 6.07) is 3.88. The second-order valence-electron chi connectivity index (χ2n) is 5.25. The van der Waals surface area contributed by atoms with Gasteiger partial charge in [-0.2, -0.15) is 0 Å². The standard InChI is InChI=1S/C13H18N4O4/c1-2-9-8-15(6-5-11(9)14)12-4-3-10(16(18)19)7-13(12)17(20)21/h3-4,7,9,11H,2,5-6,8,14H2,1H3. The van der Waals surface area contributed by atoms with Crippen molar-refractivity contribution in [3.05, 3.63) is 38.4 Å². The average Bonchev–Trinajstić information content (AvgIpc) is 2.47. The van der Waals surface area contributed by atoms with Crippen LogP contribution in [0, 0.1) is 26.1 Å². The number of hydrogen-bond donors (Lipinski definition) is 1. The fourth-order valence-electron chi connectivity index (χ4n) is 2.74. The second-order valence-corrected chi connectivity index (χ2v) is 5.25. The van der Waals surface area contributed by atoms with Crippen LogP contribution in [0.2, 0.25) is 0 Å². The fraction of sp³-hybridized carbons (Fsp3) is 0.538. The number of nitrogens with zero attached hydrogens (tertiary/aromatic N) is 3. The summed E-state index contributed by atoms with van der Waals surface area (Å²) < 4.78 is 0. The van der Waals surface area contributed by atoms with Gasteiger partial charge in [-0.15, -0.1) is 0 Å². The van der Waals surface area contributed by atoms with Crippen molar-refractivity contribution < 1.29 is 9.85 Å². The molecule has 0 spiro atoms. The third-order valence-electron chi connectivity index (χ3n) is 4.02. The van der Waals surface area contributed by atoms with Crippen LogP contribution < -0.4 is 10.6 Å². The Bertz CT molecular complexity index is 563. The Labute approximate surface area is 121 Å². The van der Waals surface area contributed by atoms with Gasteiger partial charge in [0.15, 0.2) is 0 Å². The molecule has 0 saturated carbocycles. The molecule has 0 radical (unpaired) electrons. The Hall–Kier alpha value is -2.22. The summed E-state index contributed by atoms with van der Waals surface area (Å²) in [5.74, 6) is 0.272. The van der Waals surface area contributed by atoms with Crippen molar-refractivity contribution in [1.82, 2.24) is 0 Å². The predicted octanol–water partition coefficient (Wildman–Crippen LogP) is 2.07. The predicted molar refractivity (Wildman–Crippen MR) is 78.3 cm³/mol. The molecule has 8 heteroatoms. The van der Waals surface area contributed by atoms with Crippen molar-refractivity contribution in [1.29, 1.82) is 0 Å². The summed E-state index contributed by atoms with van der Waals surface area (Å²) in [5.41, 5.74) is 5.97. The van der Waals surface area contributed by atoms with Crippen molar-refractivity contribution in [2.24, 2.45) is 11.7 Å². The van der Waals surface area contributed by atoms with Crippen LogP contribution in [0.1, 0.15) is 19.8 Å². The number of rotatable bonds is 4. The van der Waals surface area contributed by atoms with E-state index in [0.717, 1.165) is 18.9 Å². The lowest BCUT2D eigenvalue weighted by Crippen LogP contribution is -2.47. The van der Waals surface area contributed by atoms with E-state index in [1.165, 1.54) is 12.1 Å². The van der Waals surface area contributed by atoms with E-state index >= 15 is 0 Å². The minimum atomic E-state index is -0.627. The SMILES string of the molecule is CCC1CN(c2ccc([N+](=O)[O-])cc2[N+](=O)[O-])CCC1N. The fourth-order valence-corrected chi connectivity index (χ4v) is 2.74.